The van der Waals surface area contributed by atoms with Crippen molar-refractivity contribution >= 4 is 17.7 Å². The Hall–Kier alpha value is -2.18. The van der Waals surface area contributed by atoms with Crippen LogP contribution in [0.3, 0.4) is 0 Å². The van der Waals surface area contributed by atoms with Gasteiger partial charge in [-0.1, -0.05) is 13.8 Å². The third-order valence-electron chi connectivity index (χ3n) is 2.41. The molecule has 1 rings (SSSR count). The number of ether oxygens (including phenoxy) is 1. The molecule has 7 heteroatoms. The van der Waals surface area contributed by atoms with E-state index in [2.05, 4.69) is 25.3 Å². The molecule has 1 heterocycles. The van der Waals surface area contributed by atoms with Gasteiger partial charge in [-0.2, -0.15) is 0 Å². The predicted octanol–water partition coefficient (Wildman–Crippen LogP) is 0.837. The molecule has 0 aromatic carbocycles. The van der Waals surface area contributed by atoms with Crippen LogP contribution in [0.4, 0.5) is 5.82 Å². The summed E-state index contributed by atoms with van der Waals surface area (Å²) >= 11 is 0. The van der Waals surface area contributed by atoms with Gasteiger partial charge in [-0.15, -0.1) is 0 Å². The number of aromatic nitrogens is 2. The Morgan fingerprint density at radius 3 is 2.60 bits per heavy atom. The summed E-state index contributed by atoms with van der Waals surface area (Å²) in [7, 11) is 1.28. The Labute approximate surface area is 118 Å². The second-order valence-electron chi connectivity index (χ2n) is 4.65. The third-order valence-corrected chi connectivity index (χ3v) is 2.41. The largest absolute Gasteiger partial charge is 0.464 e. The highest BCUT2D eigenvalue weighted by molar-refractivity contribution is 5.86. The molecule has 0 aliphatic carbocycles. The van der Waals surface area contributed by atoms with Gasteiger partial charge < -0.3 is 15.4 Å². The average Bonchev–Trinajstić information content (AvgIpc) is 2.45. The molecule has 7 nitrogen and oxygen atoms in total. The highest BCUT2D eigenvalue weighted by Gasteiger charge is 2.07. The summed E-state index contributed by atoms with van der Waals surface area (Å²) in [4.78, 5) is 30.5. The van der Waals surface area contributed by atoms with Crippen LogP contribution in [0.2, 0.25) is 0 Å². The summed E-state index contributed by atoms with van der Waals surface area (Å²) in [6.45, 7) is 5.20. The number of carbonyl (C=O) groups is 2. The molecular formula is C13H20N4O3. The van der Waals surface area contributed by atoms with Gasteiger partial charge in [-0.25, -0.2) is 14.8 Å². The van der Waals surface area contributed by atoms with Gasteiger partial charge in [-0.05, 0) is 5.92 Å². The van der Waals surface area contributed by atoms with Gasteiger partial charge >= 0.3 is 5.97 Å². The Kier molecular flexibility index (Phi) is 6.42. The number of methoxy groups -OCH3 is 1. The molecule has 0 aliphatic heterocycles. The van der Waals surface area contributed by atoms with Crippen molar-refractivity contribution in [2.45, 2.75) is 20.3 Å². The van der Waals surface area contributed by atoms with E-state index in [-0.39, 0.29) is 11.6 Å². The predicted molar refractivity (Wildman–Crippen MR) is 74.3 cm³/mol. The molecular weight excluding hydrogens is 260 g/mol. The molecule has 110 valence electrons. The van der Waals surface area contributed by atoms with Gasteiger partial charge in [0.2, 0.25) is 5.91 Å². The Morgan fingerprint density at radius 1 is 1.30 bits per heavy atom. The molecule has 0 atom stereocenters. The van der Waals surface area contributed by atoms with Gasteiger partial charge in [0, 0.05) is 19.5 Å². The fourth-order valence-corrected chi connectivity index (χ4v) is 1.34. The van der Waals surface area contributed by atoms with Crippen LogP contribution in [0, 0.1) is 5.92 Å². The molecule has 0 saturated carbocycles. The van der Waals surface area contributed by atoms with Crippen molar-refractivity contribution in [3.05, 3.63) is 18.1 Å². The molecule has 0 fully saturated rings. The van der Waals surface area contributed by atoms with Crippen molar-refractivity contribution in [1.82, 2.24) is 15.3 Å². The SMILES string of the molecule is COC(=O)c1cnc(NCCC(=O)NCC(C)C)cn1. The first-order valence-corrected chi connectivity index (χ1v) is 6.44. The van der Waals surface area contributed by atoms with Crippen LogP contribution in [0.25, 0.3) is 0 Å². The maximum Gasteiger partial charge on any atom is 0.358 e. The number of carbonyl (C=O) groups excluding carboxylic acids is 2. The van der Waals surface area contributed by atoms with E-state index < -0.39 is 5.97 Å². The Balaban J connectivity index is 2.32. The lowest BCUT2D eigenvalue weighted by Crippen LogP contribution is -2.28. The molecule has 20 heavy (non-hydrogen) atoms. The van der Waals surface area contributed by atoms with E-state index >= 15 is 0 Å². The smallest absolute Gasteiger partial charge is 0.358 e. The van der Waals surface area contributed by atoms with Crippen molar-refractivity contribution in [3.8, 4) is 0 Å². The summed E-state index contributed by atoms with van der Waals surface area (Å²) < 4.78 is 4.52. The fraction of sp³-hybridized carbons (Fsp3) is 0.538. The lowest BCUT2D eigenvalue weighted by molar-refractivity contribution is -0.120. The molecule has 0 aliphatic rings. The van der Waals surface area contributed by atoms with Gasteiger partial charge in [0.05, 0.1) is 19.5 Å². The van der Waals surface area contributed by atoms with E-state index in [9.17, 15) is 9.59 Å². The standard InChI is InChI=1S/C13H20N4O3/c1-9(2)6-17-12(18)4-5-14-11-8-15-10(7-16-11)13(19)20-3/h7-9H,4-6H2,1-3H3,(H,14,16)(H,17,18). The number of esters is 1. The number of hydrogen-bond acceptors (Lipinski definition) is 6. The lowest BCUT2D eigenvalue weighted by atomic mass is 10.2. The van der Waals surface area contributed by atoms with Gasteiger partial charge in [0.1, 0.15) is 5.82 Å². The van der Waals surface area contributed by atoms with E-state index in [0.29, 0.717) is 31.2 Å². The van der Waals surface area contributed by atoms with Crippen molar-refractivity contribution in [2.24, 2.45) is 5.92 Å². The zero-order chi connectivity index (χ0) is 15.0. The molecule has 1 aromatic heterocycles. The van der Waals surface area contributed by atoms with Crippen LogP contribution in [0.1, 0.15) is 30.8 Å². The summed E-state index contributed by atoms with van der Waals surface area (Å²) in [6, 6.07) is 0. The first kappa shape index (κ1) is 15.9. The first-order chi connectivity index (χ1) is 9.52. The minimum absolute atomic E-state index is 0.00894. The zero-order valence-electron chi connectivity index (χ0n) is 12.0. The van der Waals surface area contributed by atoms with E-state index in [4.69, 9.17) is 0 Å². The number of hydrogen-bond donors (Lipinski definition) is 2. The average molecular weight is 280 g/mol. The molecule has 0 unspecified atom stereocenters. The number of nitrogens with one attached hydrogen (secondary N) is 2. The highest BCUT2D eigenvalue weighted by Crippen LogP contribution is 2.02. The molecule has 0 radical (unpaired) electrons. The molecule has 0 spiro atoms. The third kappa shape index (κ3) is 5.64. The number of anilines is 1. The molecule has 2 N–H and O–H groups in total. The van der Waals surface area contributed by atoms with Crippen LogP contribution >= 0.6 is 0 Å². The fourth-order valence-electron chi connectivity index (χ4n) is 1.34. The van der Waals surface area contributed by atoms with E-state index in [1.807, 2.05) is 13.8 Å². The summed E-state index contributed by atoms with van der Waals surface area (Å²) in [5, 5.41) is 5.78. The maximum absolute atomic E-state index is 11.5. The van der Waals surface area contributed by atoms with E-state index in [1.165, 1.54) is 19.5 Å². The minimum atomic E-state index is -0.530. The van der Waals surface area contributed by atoms with Crippen molar-refractivity contribution in [1.29, 1.82) is 0 Å². The second-order valence-corrected chi connectivity index (χ2v) is 4.65. The summed E-state index contributed by atoms with van der Waals surface area (Å²) in [5.74, 6) is 0.403. The van der Waals surface area contributed by atoms with Gasteiger partial charge in [0.25, 0.3) is 0 Å². The van der Waals surface area contributed by atoms with Gasteiger partial charge in [-0.3, -0.25) is 4.79 Å². The number of nitrogens with zero attached hydrogens (tertiary/aromatic N) is 2. The molecule has 1 amide bonds. The Morgan fingerprint density at radius 2 is 2.05 bits per heavy atom. The Bertz CT molecular complexity index is 445. The molecule has 0 saturated heterocycles. The van der Waals surface area contributed by atoms with Crippen LogP contribution in [-0.2, 0) is 9.53 Å². The van der Waals surface area contributed by atoms with Crippen molar-refractivity contribution < 1.29 is 14.3 Å². The second kappa shape index (κ2) is 8.08. The van der Waals surface area contributed by atoms with Crippen LogP contribution < -0.4 is 10.6 Å². The van der Waals surface area contributed by atoms with Crippen molar-refractivity contribution in [2.75, 3.05) is 25.5 Å². The number of amides is 1. The maximum atomic E-state index is 11.5. The minimum Gasteiger partial charge on any atom is -0.464 e. The quantitative estimate of drug-likeness (QED) is 0.719. The first-order valence-electron chi connectivity index (χ1n) is 6.44. The van der Waals surface area contributed by atoms with Crippen molar-refractivity contribution in [3.63, 3.8) is 0 Å². The summed E-state index contributed by atoms with van der Waals surface area (Å²) in [5.41, 5.74) is 0.146. The zero-order valence-corrected chi connectivity index (χ0v) is 12.0. The monoisotopic (exact) mass is 280 g/mol. The van der Waals surface area contributed by atoms with E-state index in [0.717, 1.165) is 0 Å². The summed E-state index contributed by atoms with van der Waals surface area (Å²) in [6.07, 6.45) is 3.11. The molecule has 1 aromatic rings. The van der Waals surface area contributed by atoms with E-state index in [1.54, 1.807) is 0 Å². The highest BCUT2D eigenvalue weighted by atomic mass is 16.5. The van der Waals surface area contributed by atoms with Gasteiger partial charge in [0.15, 0.2) is 5.69 Å². The van der Waals surface area contributed by atoms with Crippen LogP contribution in [0.15, 0.2) is 12.4 Å². The van der Waals surface area contributed by atoms with Crippen LogP contribution in [0.5, 0.6) is 0 Å². The normalized spacial score (nSPS) is 10.2. The number of rotatable bonds is 7. The molecule has 0 bridgehead atoms. The van der Waals surface area contributed by atoms with Crippen LogP contribution in [-0.4, -0.2) is 42.0 Å². The lowest BCUT2D eigenvalue weighted by Gasteiger charge is -2.08. The topological polar surface area (TPSA) is 93.2 Å².